The molecular formula is C28H37NO2Si. The molecule has 6 rings (SSSR count). The molecule has 4 aliphatic rings. The summed E-state index contributed by atoms with van der Waals surface area (Å²) in [6.07, 6.45) is 9.04. The van der Waals surface area contributed by atoms with Crippen molar-refractivity contribution in [2.24, 2.45) is 17.8 Å². The smallest absolute Gasteiger partial charge is 0.250 e. The van der Waals surface area contributed by atoms with Gasteiger partial charge in [0, 0.05) is 5.56 Å². The van der Waals surface area contributed by atoms with Crippen molar-refractivity contribution in [1.29, 1.82) is 0 Å². The zero-order valence-electron chi connectivity index (χ0n) is 20.3. The van der Waals surface area contributed by atoms with Crippen LogP contribution < -0.4 is 4.43 Å². The summed E-state index contributed by atoms with van der Waals surface area (Å²) >= 11 is 0. The molecule has 0 saturated heterocycles. The van der Waals surface area contributed by atoms with Gasteiger partial charge in [0.05, 0.1) is 5.69 Å². The van der Waals surface area contributed by atoms with Crippen LogP contribution in [-0.2, 0) is 5.41 Å². The molecule has 170 valence electrons. The SMILES string of the molecule is CC(C)(C)[Si](C)(C)Oc1ccc(-c2cccc(C=O)n2)cc1C12CC3CC(CC(C3)C1)C2. The number of pyridine rings is 1. The molecule has 0 atom stereocenters. The van der Waals surface area contributed by atoms with E-state index >= 15 is 0 Å². The van der Waals surface area contributed by atoms with Gasteiger partial charge >= 0.3 is 0 Å². The first kappa shape index (κ1) is 21.9. The lowest BCUT2D eigenvalue weighted by Gasteiger charge is -2.57. The third kappa shape index (κ3) is 3.75. The maximum absolute atomic E-state index is 11.3. The quantitative estimate of drug-likeness (QED) is 0.354. The normalized spacial score (nSPS) is 29.2. The number of benzene rings is 1. The van der Waals surface area contributed by atoms with Gasteiger partial charge in [-0.2, -0.15) is 0 Å². The highest BCUT2D eigenvalue weighted by atomic mass is 28.4. The Hall–Kier alpha value is -1.94. The van der Waals surface area contributed by atoms with Gasteiger partial charge in [0.15, 0.2) is 6.29 Å². The predicted molar refractivity (Wildman–Crippen MR) is 133 cm³/mol. The third-order valence-electron chi connectivity index (χ3n) is 8.95. The number of carbonyl (C=O) groups is 1. The maximum Gasteiger partial charge on any atom is 0.250 e. The minimum atomic E-state index is -1.96. The Kier molecular flexibility index (Phi) is 5.16. The van der Waals surface area contributed by atoms with Gasteiger partial charge in [0.25, 0.3) is 0 Å². The van der Waals surface area contributed by atoms with Crippen molar-refractivity contribution in [3.05, 3.63) is 47.7 Å². The zero-order chi connectivity index (χ0) is 22.7. The second kappa shape index (κ2) is 7.55. The number of hydrogen-bond donors (Lipinski definition) is 0. The minimum Gasteiger partial charge on any atom is -0.543 e. The van der Waals surface area contributed by atoms with E-state index in [0.717, 1.165) is 41.0 Å². The standard InChI is InChI=1S/C28H37NO2Si/c1-27(2,3)32(4,5)31-26-10-9-22(25-8-6-7-23(18-30)29-25)14-24(26)28-15-19-11-20(16-28)13-21(12-19)17-28/h6-10,14,18-21H,11-13,15-17H2,1-5H3. The fraction of sp³-hybridized carbons (Fsp3) is 0.571. The van der Waals surface area contributed by atoms with Crippen LogP contribution in [0.5, 0.6) is 5.75 Å². The predicted octanol–water partition coefficient (Wildman–Crippen LogP) is 7.41. The molecule has 0 amide bonds. The van der Waals surface area contributed by atoms with E-state index in [4.69, 9.17) is 4.43 Å². The molecule has 4 fully saturated rings. The molecule has 4 heteroatoms. The monoisotopic (exact) mass is 447 g/mol. The first-order valence-corrected chi connectivity index (χ1v) is 15.3. The fourth-order valence-corrected chi connectivity index (χ4v) is 7.77. The lowest BCUT2D eigenvalue weighted by atomic mass is 9.48. The number of aromatic nitrogens is 1. The van der Waals surface area contributed by atoms with Gasteiger partial charge in [-0.05, 0) is 116 Å². The molecule has 4 bridgehead atoms. The molecule has 4 saturated carbocycles. The average molecular weight is 448 g/mol. The van der Waals surface area contributed by atoms with Gasteiger partial charge in [-0.3, -0.25) is 4.79 Å². The summed E-state index contributed by atoms with van der Waals surface area (Å²) in [7, 11) is -1.96. The molecule has 0 aliphatic heterocycles. The molecule has 32 heavy (non-hydrogen) atoms. The Labute approximate surface area is 194 Å². The third-order valence-corrected chi connectivity index (χ3v) is 13.3. The highest BCUT2D eigenvalue weighted by Gasteiger charge is 2.53. The number of hydrogen-bond acceptors (Lipinski definition) is 3. The highest BCUT2D eigenvalue weighted by molar-refractivity contribution is 6.74. The van der Waals surface area contributed by atoms with Crippen molar-refractivity contribution in [2.45, 2.75) is 82.8 Å². The Morgan fingerprint density at radius 1 is 1.00 bits per heavy atom. The molecule has 0 unspecified atom stereocenters. The first-order valence-electron chi connectivity index (χ1n) is 12.3. The van der Waals surface area contributed by atoms with Crippen LogP contribution in [0, 0.1) is 17.8 Å². The summed E-state index contributed by atoms with van der Waals surface area (Å²) in [5.41, 5.74) is 4.12. The largest absolute Gasteiger partial charge is 0.543 e. The van der Waals surface area contributed by atoms with Crippen LogP contribution in [0.2, 0.25) is 18.1 Å². The van der Waals surface area contributed by atoms with Gasteiger partial charge in [-0.25, -0.2) is 4.98 Å². The molecule has 0 spiro atoms. The zero-order valence-corrected chi connectivity index (χ0v) is 21.3. The van der Waals surface area contributed by atoms with Crippen molar-refractivity contribution < 1.29 is 9.22 Å². The highest BCUT2D eigenvalue weighted by Crippen LogP contribution is 2.62. The second-order valence-electron chi connectivity index (χ2n) is 12.3. The number of aldehydes is 1. The molecule has 2 aromatic rings. The summed E-state index contributed by atoms with van der Waals surface area (Å²) < 4.78 is 6.99. The lowest BCUT2D eigenvalue weighted by Crippen LogP contribution is -2.49. The number of carbonyl (C=O) groups excluding carboxylic acids is 1. The number of nitrogens with zero attached hydrogens (tertiary/aromatic N) is 1. The molecule has 0 radical (unpaired) electrons. The van der Waals surface area contributed by atoms with Gasteiger partial charge in [-0.1, -0.05) is 26.8 Å². The minimum absolute atomic E-state index is 0.157. The summed E-state index contributed by atoms with van der Waals surface area (Å²) in [6.45, 7) is 11.6. The first-order chi connectivity index (χ1) is 15.1. The van der Waals surface area contributed by atoms with Crippen molar-refractivity contribution in [2.75, 3.05) is 0 Å². The molecule has 1 aromatic carbocycles. The van der Waals surface area contributed by atoms with Crippen molar-refractivity contribution >= 4 is 14.6 Å². The summed E-state index contributed by atoms with van der Waals surface area (Å²) in [6, 6.07) is 12.4. The van der Waals surface area contributed by atoms with E-state index in [-0.39, 0.29) is 10.5 Å². The molecule has 1 heterocycles. The Bertz CT molecular complexity index is 1000. The van der Waals surface area contributed by atoms with Crippen LogP contribution in [0.3, 0.4) is 0 Å². The fourth-order valence-electron chi connectivity index (χ4n) is 6.74. The molecule has 1 aromatic heterocycles. The van der Waals surface area contributed by atoms with Gasteiger partial charge in [-0.15, -0.1) is 0 Å². The van der Waals surface area contributed by atoms with Crippen LogP contribution in [0.25, 0.3) is 11.3 Å². The Morgan fingerprint density at radius 2 is 1.62 bits per heavy atom. The van der Waals surface area contributed by atoms with Gasteiger partial charge < -0.3 is 4.43 Å². The maximum atomic E-state index is 11.3. The van der Waals surface area contributed by atoms with E-state index in [1.54, 1.807) is 6.07 Å². The van der Waals surface area contributed by atoms with Crippen LogP contribution in [0.15, 0.2) is 36.4 Å². The van der Waals surface area contributed by atoms with Gasteiger partial charge in [0.2, 0.25) is 8.32 Å². The Balaban J connectivity index is 1.62. The second-order valence-corrected chi connectivity index (χ2v) is 17.1. The van der Waals surface area contributed by atoms with E-state index in [9.17, 15) is 4.79 Å². The Morgan fingerprint density at radius 3 is 2.19 bits per heavy atom. The van der Waals surface area contributed by atoms with Gasteiger partial charge in [0.1, 0.15) is 11.4 Å². The summed E-state index contributed by atoms with van der Waals surface area (Å²) in [4.78, 5) is 15.9. The van der Waals surface area contributed by atoms with Crippen LogP contribution in [-0.4, -0.2) is 19.6 Å². The van der Waals surface area contributed by atoms with E-state index in [0.29, 0.717) is 5.69 Å². The van der Waals surface area contributed by atoms with E-state index in [2.05, 4.69) is 57.0 Å². The number of rotatable bonds is 5. The summed E-state index contributed by atoms with van der Waals surface area (Å²) in [5, 5.41) is 0.157. The molecule has 4 aliphatic carbocycles. The van der Waals surface area contributed by atoms with Crippen molar-refractivity contribution in [3.63, 3.8) is 0 Å². The van der Waals surface area contributed by atoms with E-state index in [1.165, 1.54) is 44.1 Å². The van der Waals surface area contributed by atoms with Crippen LogP contribution in [0.4, 0.5) is 0 Å². The summed E-state index contributed by atoms with van der Waals surface area (Å²) in [5.74, 6) is 3.74. The van der Waals surface area contributed by atoms with E-state index < -0.39 is 8.32 Å². The van der Waals surface area contributed by atoms with Crippen molar-refractivity contribution in [1.82, 2.24) is 4.98 Å². The topological polar surface area (TPSA) is 39.2 Å². The lowest BCUT2D eigenvalue weighted by molar-refractivity contribution is -0.00584. The van der Waals surface area contributed by atoms with E-state index in [1.807, 2.05) is 12.1 Å². The van der Waals surface area contributed by atoms with Crippen LogP contribution >= 0.6 is 0 Å². The average Bonchev–Trinajstić information content (AvgIpc) is 2.72. The molecule has 0 N–H and O–H groups in total. The van der Waals surface area contributed by atoms with Crippen molar-refractivity contribution in [3.8, 4) is 17.0 Å². The molecular weight excluding hydrogens is 410 g/mol. The molecule has 3 nitrogen and oxygen atoms in total. The van der Waals surface area contributed by atoms with Crippen LogP contribution in [0.1, 0.15) is 75.3 Å².